The summed E-state index contributed by atoms with van der Waals surface area (Å²) in [6.45, 7) is 4.38. The molecule has 1 aliphatic heterocycles. The molecule has 0 aliphatic carbocycles. The first-order chi connectivity index (χ1) is 9.74. The number of hydrogen-bond donors (Lipinski definition) is 1. The third-order valence-electron chi connectivity index (χ3n) is 3.51. The number of morpholine rings is 1. The molecule has 1 atom stereocenters. The molecular formula is C15H24N2O3. The van der Waals surface area contributed by atoms with Gasteiger partial charge in [0.25, 0.3) is 0 Å². The zero-order chi connectivity index (χ0) is 14.4. The minimum absolute atomic E-state index is 0.255. The molecule has 0 unspecified atom stereocenters. The smallest absolute Gasteiger partial charge is 0.165 e. The van der Waals surface area contributed by atoms with Crippen LogP contribution in [0.5, 0.6) is 11.5 Å². The summed E-state index contributed by atoms with van der Waals surface area (Å²) in [4.78, 5) is 2.29. The number of likely N-dealkylation sites (N-methyl/N-ethyl adjacent to an activating group) is 1. The van der Waals surface area contributed by atoms with Gasteiger partial charge in [-0.1, -0.05) is 12.1 Å². The van der Waals surface area contributed by atoms with Crippen LogP contribution in [0.25, 0.3) is 0 Å². The molecule has 1 N–H and O–H groups in total. The van der Waals surface area contributed by atoms with E-state index in [-0.39, 0.29) is 6.10 Å². The van der Waals surface area contributed by atoms with Gasteiger partial charge in [-0.3, -0.25) is 0 Å². The maximum absolute atomic E-state index is 5.73. The highest BCUT2D eigenvalue weighted by Crippen LogP contribution is 2.30. The van der Waals surface area contributed by atoms with Gasteiger partial charge in [0.15, 0.2) is 11.5 Å². The molecule has 2 rings (SSSR count). The van der Waals surface area contributed by atoms with Crippen LogP contribution in [0.15, 0.2) is 18.2 Å². The molecule has 112 valence electrons. The summed E-state index contributed by atoms with van der Waals surface area (Å²) >= 11 is 0. The SMILES string of the molecule is COc1cccc(CNC[C@H]2CN(C)CCO2)c1OC. The highest BCUT2D eigenvalue weighted by atomic mass is 16.5. The van der Waals surface area contributed by atoms with Crippen molar-refractivity contribution in [3.63, 3.8) is 0 Å². The van der Waals surface area contributed by atoms with Crippen LogP contribution in [0.4, 0.5) is 0 Å². The molecule has 0 bridgehead atoms. The molecule has 5 heteroatoms. The largest absolute Gasteiger partial charge is 0.493 e. The number of benzene rings is 1. The molecule has 1 heterocycles. The number of nitrogens with zero attached hydrogens (tertiary/aromatic N) is 1. The Balaban J connectivity index is 1.87. The van der Waals surface area contributed by atoms with Crippen LogP contribution >= 0.6 is 0 Å². The van der Waals surface area contributed by atoms with Gasteiger partial charge in [0.2, 0.25) is 0 Å². The van der Waals surface area contributed by atoms with Gasteiger partial charge in [0, 0.05) is 31.7 Å². The summed E-state index contributed by atoms with van der Waals surface area (Å²) in [6.07, 6.45) is 0.255. The third-order valence-corrected chi connectivity index (χ3v) is 3.51. The topological polar surface area (TPSA) is 43.0 Å². The Morgan fingerprint density at radius 2 is 2.20 bits per heavy atom. The fourth-order valence-electron chi connectivity index (χ4n) is 2.45. The van der Waals surface area contributed by atoms with Crippen LogP contribution in [-0.4, -0.2) is 58.5 Å². The van der Waals surface area contributed by atoms with E-state index in [9.17, 15) is 0 Å². The zero-order valence-corrected chi connectivity index (χ0v) is 12.5. The van der Waals surface area contributed by atoms with Gasteiger partial charge in [-0.25, -0.2) is 0 Å². The Morgan fingerprint density at radius 3 is 2.90 bits per heavy atom. The van der Waals surface area contributed by atoms with Crippen LogP contribution in [-0.2, 0) is 11.3 Å². The van der Waals surface area contributed by atoms with E-state index in [1.807, 2.05) is 18.2 Å². The Kier molecular flexibility index (Phi) is 5.64. The number of rotatable bonds is 6. The van der Waals surface area contributed by atoms with Gasteiger partial charge in [-0.05, 0) is 13.1 Å². The summed E-state index contributed by atoms with van der Waals surface area (Å²) in [5, 5.41) is 3.43. The second-order valence-electron chi connectivity index (χ2n) is 5.04. The molecule has 1 aromatic carbocycles. The van der Waals surface area contributed by atoms with Gasteiger partial charge in [-0.15, -0.1) is 0 Å². The molecule has 0 saturated carbocycles. The Bertz CT molecular complexity index is 426. The van der Waals surface area contributed by atoms with Crippen molar-refractivity contribution < 1.29 is 14.2 Å². The van der Waals surface area contributed by atoms with Crippen molar-refractivity contribution in [2.45, 2.75) is 12.6 Å². The summed E-state index contributed by atoms with van der Waals surface area (Å²) in [5.41, 5.74) is 1.09. The third kappa shape index (κ3) is 3.85. The van der Waals surface area contributed by atoms with Gasteiger partial charge in [-0.2, -0.15) is 0 Å². The summed E-state index contributed by atoms with van der Waals surface area (Å²) in [6, 6.07) is 5.92. The van der Waals surface area contributed by atoms with E-state index in [0.717, 1.165) is 49.8 Å². The number of nitrogens with one attached hydrogen (secondary N) is 1. The Labute approximate surface area is 120 Å². The highest BCUT2D eigenvalue weighted by Gasteiger charge is 2.17. The summed E-state index contributed by atoms with van der Waals surface area (Å²) in [5.74, 6) is 1.56. The first-order valence-corrected chi connectivity index (χ1v) is 6.95. The van der Waals surface area contributed by atoms with E-state index in [1.165, 1.54) is 0 Å². The highest BCUT2D eigenvalue weighted by molar-refractivity contribution is 5.46. The standard InChI is InChI=1S/C15H24N2O3/c1-17-7-8-20-13(11-17)10-16-9-12-5-4-6-14(18-2)15(12)19-3/h4-6,13,16H,7-11H2,1-3H3/t13-/m0/s1. The predicted molar refractivity (Wildman–Crippen MR) is 78.5 cm³/mol. The number of methoxy groups -OCH3 is 2. The van der Waals surface area contributed by atoms with Gasteiger partial charge in [0.05, 0.1) is 26.9 Å². The van der Waals surface area contributed by atoms with Crippen LogP contribution in [0.2, 0.25) is 0 Å². The van der Waals surface area contributed by atoms with Gasteiger partial charge in [0.1, 0.15) is 0 Å². The van der Waals surface area contributed by atoms with Gasteiger partial charge < -0.3 is 24.4 Å². The molecule has 20 heavy (non-hydrogen) atoms. The molecule has 1 aromatic rings. The maximum atomic E-state index is 5.73. The Hall–Kier alpha value is -1.30. The second-order valence-corrected chi connectivity index (χ2v) is 5.04. The van der Waals surface area contributed by atoms with Crippen LogP contribution < -0.4 is 14.8 Å². The molecule has 1 saturated heterocycles. The van der Waals surface area contributed by atoms with E-state index in [1.54, 1.807) is 14.2 Å². The molecule has 1 fully saturated rings. The van der Waals surface area contributed by atoms with Crippen molar-refractivity contribution in [1.82, 2.24) is 10.2 Å². The van der Waals surface area contributed by atoms with Crippen molar-refractivity contribution >= 4 is 0 Å². The molecule has 0 amide bonds. The molecule has 5 nitrogen and oxygen atoms in total. The van der Waals surface area contributed by atoms with Crippen molar-refractivity contribution in [2.24, 2.45) is 0 Å². The Morgan fingerprint density at radius 1 is 1.35 bits per heavy atom. The lowest BCUT2D eigenvalue weighted by Crippen LogP contribution is -2.44. The minimum atomic E-state index is 0.255. The summed E-state index contributed by atoms with van der Waals surface area (Å²) in [7, 11) is 5.45. The molecule has 0 aromatic heterocycles. The summed E-state index contributed by atoms with van der Waals surface area (Å²) < 4.78 is 16.5. The number of hydrogen-bond acceptors (Lipinski definition) is 5. The maximum Gasteiger partial charge on any atom is 0.165 e. The fourth-order valence-corrected chi connectivity index (χ4v) is 2.45. The zero-order valence-electron chi connectivity index (χ0n) is 12.5. The van der Waals surface area contributed by atoms with Crippen LogP contribution in [0.1, 0.15) is 5.56 Å². The van der Waals surface area contributed by atoms with E-state index in [2.05, 4.69) is 17.3 Å². The minimum Gasteiger partial charge on any atom is -0.493 e. The first kappa shape index (κ1) is 15.1. The quantitative estimate of drug-likeness (QED) is 0.846. The number of para-hydroxylation sites is 1. The van der Waals surface area contributed by atoms with Gasteiger partial charge >= 0.3 is 0 Å². The molecule has 1 aliphatic rings. The van der Waals surface area contributed by atoms with Crippen molar-refractivity contribution in [1.29, 1.82) is 0 Å². The van der Waals surface area contributed by atoms with E-state index < -0.39 is 0 Å². The fraction of sp³-hybridized carbons (Fsp3) is 0.600. The average Bonchev–Trinajstić information content (AvgIpc) is 2.47. The predicted octanol–water partition coefficient (Wildman–Crippen LogP) is 1.12. The molecule has 0 radical (unpaired) electrons. The van der Waals surface area contributed by atoms with Crippen molar-refractivity contribution in [3.05, 3.63) is 23.8 Å². The average molecular weight is 280 g/mol. The van der Waals surface area contributed by atoms with E-state index in [4.69, 9.17) is 14.2 Å². The van der Waals surface area contributed by atoms with Crippen molar-refractivity contribution in [3.8, 4) is 11.5 Å². The lowest BCUT2D eigenvalue weighted by atomic mass is 10.1. The molecule has 0 spiro atoms. The van der Waals surface area contributed by atoms with Crippen LogP contribution in [0.3, 0.4) is 0 Å². The second kappa shape index (κ2) is 7.47. The monoisotopic (exact) mass is 280 g/mol. The lowest BCUT2D eigenvalue weighted by Gasteiger charge is -2.30. The van der Waals surface area contributed by atoms with Crippen molar-refractivity contribution in [2.75, 3.05) is 47.5 Å². The first-order valence-electron chi connectivity index (χ1n) is 6.95. The normalized spacial score (nSPS) is 19.9. The van der Waals surface area contributed by atoms with E-state index in [0.29, 0.717) is 0 Å². The molecular weight excluding hydrogens is 256 g/mol. The lowest BCUT2D eigenvalue weighted by molar-refractivity contribution is -0.0182. The number of ether oxygens (including phenoxy) is 3. The van der Waals surface area contributed by atoms with E-state index >= 15 is 0 Å². The van der Waals surface area contributed by atoms with Crippen LogP contribution in [0, 0.1) is 0 Å².